The molecular formula is C10H19F3N2OS. The first-order valence-electron chi connectivity index (χ1n) is 5.39. The van der Waals surface area contributed by atoms with Crippen LogP contribution in [0.4, 0.5) is 13.2 Å². The first kappa shape index (κ1) is 16.6. The summed E-state index contributed by atoms with van der Waals surface area (Å²) >= 11 is 1.63. The molecule has 0 aromatic rings. The molecule has 0 aliphatic carbocycles. The summed E-state index contributed by atoms with van der Waals surface area (Å²) < 4.78 is 35.7. The molecule has 0 radical (unpaired) electrons. The van der Waals surface area contributed by atoms with Gasteiger partial charge in [-0.25, -0.2) is 0 Å². The highest BCUT2D eigenvalue weighted by atomic mass is 32.2. The van der Waals surface area contributed by atoms with E-state index in [1.165, 1.54) is 0 Å². The van der Waals surface area contributed by atoms with Gasteiger partial charge in [0.1, 0.15) is 6.54 Å². The van der Waals surface area contributed by atoms with Crippen LogP contribution < -0.4 is 10.6 Å². The normalized spacial score (nSPS) is 15.4. The van der Waals surface area contributed by atoms with E-state index in [1.807, 2.05) is 18.5 Å². The Kier molecular flexibility index (Phi) is 7.61. The van der Waals surface area contributed by atoms with E-state index >= 15 is 0 Å². The van der Waals surface area contributed by atoms with E-state index in [2.05, 4.69) is 5.32 Å². The smallest absolute Gasteiger partial charge is 0.346 e. The highest BCUT2D eigenvalue weighted by molar-refractivity contribution is 7.98. The van der Waals surface area contributed by atoms with Crippen molar-refractivity contribution in [3.63, 3.8) is 0 Å². The zero-order valence-corrected chi connectivity index (χ0v) is 11.0. The predicted octanol–water partition coefficient (Wildman–Crippen LogP) is 1.78. The van der Waals surface area contributed by atoms with Gasteiger partial charge in [-0.15, -0.1) is 0 Å². The van der Waals surface area contributed by atoms with E-state index in [4.69, 9.17) is 0 Å². The summed E-state index contributed by atoms with van der Waals surface area (Å²) in [5.74, 6) is 0.204. The molecule has 1 amide bonds. The number of carbonyl (C=O) groups is 1. The monoisotopic (exact) mass is 272 g/mol. The van der Waals surface area contributed by atoms with E-state index in [1.54, 1.807) is 18.7 Å². The van der Waals surface area contributed by atoms with Crippen LogP contribution in [0.5, 0.6) is 0 Å². The summed E-state index contributed by atoms with van der Waals surface area (Å²) in [5, 5.41) is 4.86. The molecule has 17 heavy (non-hydrogen) atoms. The van der Waals surface area contributed by atoms with E-state index in [0.717, 1.165) is 12.2 Å². The van der Waals surface area contributed by atoms with Crippen molar-refractivity contribution in [1.29, 1.82) is 0 Å². The minimum absolute atomic E-state index is 0.136. The van der Waals surface area contributed by atoms with Crippen LogP contribution in [0.3, 0.4) is 0 Å². The third kappa shape index (κ3) is 8.31. The van der Waals surface area contributed by atoms with E-state index in [-0.39, 0.29) is 6.04 Å². The summed E-state index contributed by atoms with van der Waals surface area (Å²) in [6.45, 7) is 2.25. The Hall–Kier alpha value is -0.430. The van der Waals surface area contributed by atoms with Crippen molar-refractivity contribution in [2.24, 2.45) is 0 Å². The summed E-state index contributed by atoms with van der Waals surface area (Å²) in [5.41, 5.74) is 0. The average molecular weight is 272 g/mol. The standard InChI is InChI=1S/C10H19F3N2OS/c1-4-8(5-17-3)15-7(2)9(16)14-6-10(11,12)13/h7-8,15H,4-6H2,1-3H3,(H,14,16). The minimum Gasteiger partial charge on any atom is -0.346 e. The molecule has 0 saturated carbocycles. The fourth-order valence-corrected chi connectivity index (χ4v) is 1.99. The molecule has 0 fully saturated rings. The van der Waals surface area contributed by atoms with Crippen LogP contribution in [-0.4, -0.2) is 42.7 Å². The molecule has 0 rings (SSSR count). The maximum absolute atomic E-state index is 11.9. The SMILES string of the molecule is CCC(CSC)NC(C)C(=O)NCC(F)(F)F. The van der Waals surface area contributed by atoms with Gasteiger partial charge in [0.2, 0.25) is 5.91 Å². The van der Waals surface area contributed by atoms with Crippen LogP contribution in [0.15, 0.2) is 0 Å². The van der Waals surface area contributed by atoms with Crippen LogP contribution in [0, 0.1) is 0 Å². The topological polar surface area (TPSA) is 41.1 Å². The Morgan fingerprint density at radius 1 is 1.41 bits per heavy atom. The van der Waals surface area contributed by atoms with Crippen molar-refractivity contribution in [2.45, 2.75) is 38.5 Å². The maximum atomic E-state index is 11.9. The molecule has 7 heteroatoms. The molecule has 3 nitrogen and oxygen atoms in total. The van der Waals surface area contributed by atoms with Crippen molar-refractivity contribution in [3.05, 3.63) is 0 Å². The van der Waals surface area contributed by atoms with Crippen molar-refractivity contribution in [2.75, 3.05) is 18.6 Å². The number of nitrogens with one attached hydrogen (secondary N) is 2. The predicted molar refractivity (Wildman–Crippen MR) is 64.1 cm³/mol. The Morgan fingerprint density at radius 2 is 2.00 bits per heavy atom. The highest BCUT2D eigenvalue weighted by Crippen LogP contribution is 2.12. The average Bonchev–Trinajstić information content (AvgIpc) is 2.23. The molecule has 0 heterocycles. The lowest BCUT2D eigenvalue weighted by atomic mass is 10.2. The highest BCUT2D eigenvalue weighted by Gasteiger charge is 2.28. The van der Waals surface area contributed by atoms with Crippen LogP contribution >= 0.6 is 11.8 Å². The first-order chi connectivity index (χ1) is 7.80. The van der Waals surface area contributed by atoms with Crippen molar-refractivity contribution in [3.8, 4) is 0 Å². The molecule has 2 unspecified atom stereocenters. The van der Waals surface area contributed by atoms with Gasteiger partial charge in [0.25, 0.3) is 0 Å². The van der Waals surface area contributed by atoms with Gasteiger partial charge >= 0.3 is 6.18 Å². The van der Waals surface area contributed by atoms with Crippen LogP contribution in [0.1, 0.15) is 20.3 Å². The van der Waals surface area contributed by atoms with E-state index in [0.29, 0.717) is 0 Å². The largest absolute Gasteiger partial charge is 0.405 e. The molecule has 0 spiro atoms. The number of carbonyl (C=O) groups excluding carboxylic acids is 1. The Bertz CT molecular complexity index is 236. The minimum atomic E-state index is -4.36. The summed E-state index contributed by atoms with van der Waals surface area (Å²) in [6, 6.07) is -0.480. The lowest BCUT2D eigenvalue weighted by Gasteiger charge is -2.21. The third-order valence-corrected chi connectivity index (χ3v) is 2.94. The van der Waals surface area contributed by atoms with Gasteiger partial charge in [-0.3, -0.25) is 4.79 Å². The van der Waals surface area contributed by atoms with Gasteiger partial charge < -0.3 is 10.6 Å². The van der Waals surface area contributed by atoms with Gasteiger partial charge in [0.05, 0.1) is 6.04 Å². The van der Waals surface area contributed by atoms with Gasteiger partial charge in [-0.1, -0.05) is 6.92 Å². The number of rotatable bonds is 7. The molecule has 2 N–H and O–H groups in total. The quantitative estimate of drug-likeness (QED) is 0.742. The van der Waals surface area contributed by atoms with Crippen molar-refractivity contribution < 1.29 is 18.0 Å². The molecule has 0 aliphatic heterocycles. The number of thioether (sulfide) groups is 1. The number of amides is 1. The second kappa shape index (κ2) is 7.81. The summed E-state index contributed by atoms with van der Waals surface area (Å²) in [6.07, 6.45) is -1.59. The van der Waals surface area contributed by atoms with Crippen LogP contribution in [-0.2, 0) is 4.79 Å². The molecule has 2 atom stereocenters. The Labute approximate surface area is 104 Å². The molecule has 0 saturated heterocycles. The maximum Gasteiger partial charge on any atom is 0.405 e. The fraction of sp³-hybridized carbons (Fsp3) is 0.900. The van der Waals surface area contributed by atoms with Crippen LogP contribution in [0.25, 0.3) is 0 Å². The van der Waals surface area contributed by atoms with Crippen molar-refractivity contribution in [1.82, 2.24) is 10.6 Å². The Morgan fingerprint density at radius 3 is 2.41 bits per heavy atom. The van der Waals surface area contributed by atoms with Crippen LogP contribution in [0.2, 0.25) is 0 Å². The molecular weight excluding hydrogens is 253 g/mol. The number of hydrogen-bond donors (Lipinski definition) is 2. The van der Waals surface area contributed by atoms with E-state index < -0.39 is 24.7 Å². The molecule has 0 aromatic carbocycles. The van der Waals surface area contributed by atoms with Gasteiger partial charge in [-0.2, -0.15) is 24.9 Å². The number of alkyl halides is 3. The molecule has 0 aromatic heterocycles. The molecule has 0 bridgehead atoms. The molecule has 102 valence electrons. The second-order valence-electron chi connectivity index (χ2n) is 3.78. The lowest BCUT2D eigenvalue weighted by molar-refractivity contribution is -0.139. The number of hydrogen-bond acceptors (Lipinski definition) is 3. The zero-order valence-electron chi connectivity index (χ0n) is 10.2. The third-order valence-electron chi connectivity index (χ3n) is 2.20. The number of halogens is 3. The van der Waals surface area contributed by atoms with Gasteiger partial charge in [-0.05, 0) is 19.6 Å². The summed E-state index contributed by atoms with van der Waals surface area (Å²) in [7, 11) is 0. The fourth-order valence-electron chi connectivity index (χ4n) is 1.25. The van der Waals surface area contributed by atoms with Gasteiger partial charge in [0.15, 0.2) is 0 Å². The van der Waals surface area contributed by atoms with Crippen molar-refractivity contribution >= 4 is 17.7 Å². The zero-order chi connectivity index (χ0) is 13.5. The lowest BCUT2D eigenvalue weighted by Crippen LogP contribution is -2.49. The summed E-state index contributed by atoms with van der Waals surface area (Å²) in [4.78, 5) is 11.4. The first-order valence-corrected chi connectivity index (χ1v) is 6.79. The second-order valence-corrected chi connectivity index (χ2v) is 4.69. The van der Waals surface area contributed by atoms with Gasteiger partial charge in [0, 0.05) is 11.8 Å². The van der Waals surface area contributed by atoms with E-state index in [9.17, 15) is 18.0 Å². The Balaban J connectivity index is 4.03. The molecule has 0 aliphatic rings.